The Labute approximate surface area is 363 Å². The van der Waals surface area contributed by atoms with Crippen LogP contribution in [0, 0.1) is 0 Å². The van der Waals surface area contributed by atoms with Gasteiger partial charge in [0.05, 0.1) is 18.8 Å². The Morgan fingerprint density at radius 3 is 1.00 bits per heavy atom. The minimum absolute atomic E-state index is 0.0812. The van der Waals surface area contributed by atoms with Crippen LogP contribution in [0.2, 0.25) is 0 Å². The Hall–Kier alpha value is -1.39. The first kappa shape index (κ1) is 56.6. The molecule has 58 heavy (non-hydrogen) atoms. The zero-order chi connectivity index (χ0) is 42.1. The quantitative estimate of drug-likeness (QED) is 0.0423. The Balaban J connectivity index is 3.49. The third-order valence-corrected chi connectivity index (χ3v) is 12.1. The fraction of sp³-hybridized carbons (Fsp3) is 0.870. The van der Waals surface area contributed by atoms with Crippen LogP contribution >= 0.6 is 0 Å². The SMILES string of the molecule is CCCCCCC/C=C\CCCCCCCC(=O)NC(CO)C(O)/C=C/CC/C=C/CCCCCCCCCCCCCCCCCCCCCCCCCCCC. The summed E-state index contributed by atoms with van der Waals surface area (Å²) < 4.78 is 0. The molecule has 0 fully saturated rings. The summed E-state index contributed by atoms with van der Waals surface area (Å²) in [6.45, 7) is 4.30. The van der Waals surface area contributed by atoms with Crippen molar-refractivity contribution >= 4 is 5.91 Å². The fourth-order valence-electron chi connectivity index (χ4n) is 8.07. The molecule has 0 bridgehead atoms. The first-order chi connectivity index (χ1) is 28.7. The van der Waals surface area contributed by atoms with E-state index in [0.29, 0.717) is 6.42 Å². The highest BCUT2D eigenvalue weighted by molar-refractivity contribution is 5.76. The predicted octanol–water partition coefficient (Wildman–Crippen LogP) is 16.9. The molecule has 0 aliphatic carbocycles. The van der Waals surface area contributed by atoms with E-state index in [4.69, 9.17) is 0 Å². The Bertz CT molecular complexity index is 882. The summed E-state index contributed by atoms with van der Waals surface area (Å²) in [7, 11) is 0. The second-order valence-electron chi connectivity index (χ2n) is 17.9. The van der Waals surface area contributed by atoms with Gasteiger partial charge in [-0.25, -0.2) is 0 Å². The van der Waals surface area contributed by atoms with Crippen molar-refractivity contribution in [3.8, 4) is 0 Å². The molecule has 0 saturated heterocycles. The molecule has 0 rings (SSSR count). The van der Waals surface area contributed by atoms with Gasteiger partial charge in [0.2, 0.25) is 5.91 Å². The van der Waals surface area contributed by atoms with Gasteiger partial charge in [0.15, 0.2) is 0 Å². The van der Waals surface area contributed by atoms with Crippen LogP contribution in [0.3, 0.4) is 0 Å². The maximum Gasteiger partial charge on any atom is 0.220 e. The van der Waals surface area contributed by atoms with Crippen molar-refractivity contribution in [3.05, 3.63) is 36.5 Å². The largest absolute Gasteiger partial charge is 0.394 e. The fourth-order valence-corrected chi connectivity index (χ4v) is 8.07. The molecule has 0 spiro atoms. The van der Waals surface area contributed by atoms with Crippen LogP contribution in [0.25, 0.3) is 0 Å². The van der Waals surface area contributed by atoms with Crippen LogP contribution in [0.5, 0.6) is 0 Å². The summed E-state index contributed by atoms with van der Waals surface area (Å²) in [6, 6.07) is -0.642. The summed E-state index contributed by atoms with van der Waals surface area (Å²) in [5.41, 5.74) is 0. The number of hydrogen-bond acceptors (Lipinski definition) is 3. The lowest BCUT2D eigenvalue weighted by Gasteiger charge is -2.19. The summed E-state index contributed by atoms with van der Waals surface area (Å²) >= 11 is 0. The van der Waals surface area contributed by atoms with Crippen molar-refractivity contribution in [2.24, 2.45) is 0 Å². The number of allylic oxidation sites excluding steroid dienone is 5. The molecule has 0 aromatic rings. The predicted molar refractivity (Wildman–Crippen MR) is 258 cm³/mol. The van der Waals surface area contributed by atoms with Gasteiger partial charge in [-0.3, -0.25) is 4.79 Å². The van der Waals surface area contributed by atoms with Crippen molar-refractivity contribution in [1.29, 1.82) is 0 Å². The van der Waals surface area contributed by atoms with Gasteiger partial charge >= 0.3 is 0 Å². The third kappa shape index (κ3) is 45.7. The van der Waals surface area contributed by atoms with Crippen LogP contribution < -0.4 is 5.32 Å². The first-order valence-electron chi connectivity index (χ1n) is 26.2. The smallest absolute Gasteiger partial charge is 0.220 e. The van der Waals surface area contributed by atoms with E-state index < -0.39 is 12.1 Å². The van der Waals surface area contributed by atoms with Gasteiger partial charge in [0.1, 0.15) is 0 Å². The van der Waals surface area contributed by atoms with Crippen molar-refractivity contribution in [2.75, 3.05) is 6.61 Å². The van der Waals surface area contributed by atoms with E-state index in [0.717, 1.165) is 44.9 Å². The van der Waals surface area contributed by atoms with Crippen LogP contribution in [0.15, 0.2) is 36.5 Å². The molecule has 1 amide bonds. The highest BCUT2D eigenvalue weighted by atomic mass is 16.3. The van der Waals surface area contributed by atoms with Gasteiger partial charge in [-0.2, -0.15) is 0 Å². The van der Waals surface area contributed by atoms with Crippen molar-refractivity contribution in [2.45, 2.75) is 296 Å². The molecule has 0 aromatic heterocycles. The lowest BCUT2D eigenvalue weighted by Crippen LogP contribution is -2.45. The topological polar surface area (TPSA) is 69.6 Å². The van der Waals surface area contributed by atoms with E-state index in [9.17, 15) is 15.0 Å². The van der Waals surface area contributed by atoms with Gasteiger partial charge in [0.25, 0.3) is 0 Å². The van der Waals surface area contributed by atoms with Gasteiger partial charge in [-0.15, -0.1) is 0 Å². The second-order valence-corrected chi connectivity index (χ2v) is 17.9. The summed E-state index contributed by atoms with van der Waals surface area (Å²) in [5, 5.41) is 23.0. The number of aliphatic hydroxyl groups excluding tert-OH is 2. The minimum Gasteiger partial charge on any atom is -0.394 e. The van der Waals surface area contributed by atoms with E-state index in [1.54, 1.807) is 6.08 Å². The molecule has 3 N–H and O–H groups in total. The number of nitrogens with one attached hydrogen (secondary N) is 1. The van der Waals surface area contributed by atoms with E-state index in [2.05, 4.69) is 43.5 Å². The Kier molecular flexibility index (Phi) is 48.8. The molecule has 0 radical (unpaired) electrons. The maximum absolute atomic E-state index is 12.4. The van der Waals surface area contributed by atoms with Gasteiger partial charge in [-0.1, -0.05) is 256 Å². The zero-order valence-electron chi connectivity index (χ0n) is 39.3. The molecule has 4 heteroatoms. The number of carbonyl (C=O) groups excluding carboxylic acids is 1. The minimum atomic E-state index is -0.865. The molecule has 2 atom stereocenters. The molecular weight excluding hydrogens is 711 g/mol. The van der Waals surface area contributed by atoms with Gasteiger partial charge in [-0.05, 0) is 57.8 Å². The highest BCUT2D eigenvalue weighted by Crippen LogP contribution is 2.17. The number of rotatable bonds is 48. The molecular formula is C54H103NO3. The van der Waals surface area contributed by atoms with Crippen molar-refractivity contribution in [1.82, 2.24) is 5.32 Å². The summed E-state index contributed by atoms with van der Waals surface area (Å²) in [6.07, 6.45) is 67.3. The summed E-state index contributed by atoms with van der Waals surface area (Å²) in [4.78, 5) is 12.4. The molecule has 0 heterocycles. The molecule has 0 aliphatic heterocycles. The monoisotopic (exact) mass is 814 g/mol. The van der Waals surface area contributed by atoms with Gasteiger partial charge in [0, 0.05) is 6.42 Å². The van der Waals surface area contributed by atoms with Gasteiger partial charge < -0.3 is 15.5 Å². The molecule has 0 saturated carbocycles. The summed E-state index contributed by atoms with van der Waals surface area (Å²) in [5.74, 6) is -0.0812. The standard InChI is InChI=1S/C54H103NO3/c1-3-5-7-9-11-13-15-17-19-20-21-22-23-24-25-26-27-28-29-30-31-32-33-34-35-36-37-39-41-43-45-47-49-53(57)52(51-56)55-54(58)50-48-46-44-42-40-38-18-16-14-12-10-8-6-4-2/h16,18,39,41,47,49,52-53,56-57H,3-15,17,19-38,40,42-46,48,50-51H2,1-2H3,(H,55,58)/b18-16-,41-39+,49-47+. The molecule has 0 aliphatic rings. The van der Waals surface area contributed by atoms with E-state index in [1.807, 2.05) is 6.08 Å². The molecule has 342 valence electrons. The maximum atomic E-state index is 12.4. The lowest BCUT2D eigenvalue weighted by molar-refractivity contribution is -0.123. The van der Waals surface area contributed by atoms with E-state index >= 15 is 0 Å². The number of hydrogen-bond donors (Lipinski definition) is 3. The number of carbonyl (C=O) groups is 1. The van der Waals surface area contributed by atoms with E-state index in [-0.39, 0.29) is 12.5 Å². The van der Waals surface area contributed by atoms with Crippen LogP contribution in [-0.4, -0.2) is 34.9 Å². The van der Waals surface area contributed by atoms with Crippen LogP contribution in [-0.2, 0) is 4.79 Å². The van der Waals surface area contributed by atoms with E-state index in [1.165, 1.54) is 218 Å². The number of unbranched alkanes of at least 4 members (excludes halogenated alkanes) is 37. The first-order valence-corrected chi connectivity index (χ1v) is 26.2. The van der Waals surface area contributed by atoms with Crippen molar-refractivity contribution in [3.63, 3.8) is 0 Å². The third-order valence-electron chi connectivity index (χ3n) is 12.1. The number of amides is 1. The highest BCUT2D eigenvalue weighted by Gasteiger charge is 2.17. The number of aliphatic hydroxyl groups is 2. The zero-order valence-corrected chi connectivity index (χ0v) is 39.3. The average Bonchev–Trinajstić information content (AvgIpc) is 3.23. The molecule has 0 aromatic carbocycles. The van der Waals surface area contributed by atoms with Crippen molar-refractivity contribution < 1.29 is 15.0 Å². The molecule has 2 unspecified atom stereocenters. The average molecular weight is 814 g/mol. The molecule has 4 nitrogen and oxygen atoms in total. The lowest BCUT2D eigenvalue weighted by atomic mass is 10.0. The van der Waals surface area contributed by atoms with Crippen LogP contribution in [0.4, 0.5) is 0 Å². The Morgan fingerprint density at radius 1 is 0.397 bits per heavy atom. The Morgan fingerprint density at radius 2 is 0.672 bits per heavy atom. The normalized spacial score (nSPS) is 13.1. The second kappa shape index (κ2) is 50.0. The van der Waals surface area contributed by atoms with Crippen LogP contribution in [0.1, 0.15) is 284 Å².